The smallest absolute Gasteiger partial charge is 0.326 e. The molecule has 0 aromatic rings. The van der Waals surface area contributed by atoms with E-state index in [1.165, 1.54) is 6.42 Å². The molecule has 1 N–H and O–H groups in total. The number of carbonyl (C=O) groups is 1. The van der Waals surface area contributed by atoms with E-state index in [1.54, 1.807) is 0 Å². The fourth-order valence-electron chi connectivity index (χ4n) is 2.58. The highest BCUT2D eigenvalue weighted by Crippen LogP contribution is 2.33. The molecule has 0 aromatic carbocycles. The molecule has 3 heteroatoms. The van der Waals surface area contributed by atoms with Crippen LogP contribution < -0.4 is 5.32 Å². The molecule has 1 aliphatic carbocycles. The largest absolute Gasteiger partial charge is 0.465 e. The van der Waals surface area contributed by atoms with Gasteiger partial charge in [0, 0.05) is 0 Å². The lowest BCUT2D eigenvalue weighted by Crippen LogP contribution is -2.55. The van der Waals surface area contributed by atoms with Crippen LogP contribution in [0.2, 0.25) is 0 Å². The highest BCUT2D eigenvalue weighted by Gasteiger charge is 2.42. The number of esters is 1. The van der Waals surface area contributed by atoms with E-state index < -0.39 is 5.54 Å². The lowest BCUT2D eigenvalue weighted by Gasteiger charge is -2.38. The van der Waals surface area contributed by atoms with E-state index in [9.17, 15) is 4.79 Å². The summed E-state index contributed by atoms with van der Waals surface area (Å²) in [7, 11) is 0. The molecule has 2 atom stereocenters. The standard InChI is InChI=1S/C12H23NO2/c1-4-13-12(11(14)15-5-2)8-6-7-10(3)9-12/h10,13H,4-9H2,1-3H3. The van der Waals surface area contributed by atoms with Crippen molar-refractivity contribution in [2.24, 2.45) is 5.92 Å². The Morgan fingerprint density at radius 3 is 2.80 bits per heavy atom. The SMILES string of the molecule is CCNC1(C(=O)OCC)CCCC(C)C1. The molecule has 1 aliphatic rings. The lowest BCUT2D eigenvalue weighted by atomic mass is 9.76. The Kier molecular flexibility index (Phi) is 4.58. The summed E-state index contributed by atoms with van der Waals surface area (Å²) in [6.07, 6.45) is 4.18. The highest BCUT2D eigenvalue weighted by atomic mass is 16.5. The summed E-state index contributed by atoms with van der Waals surface area (Å²) in [5.74, 6) is 0.556. The predicted octanol–water partition coefficient (Wildman–Crippen LogP) is 2.11. The fraction of sp³-hybridized carbons (Fsp3) is 0.917. The molecule has 15 heavy (non-hydrogen) atoms. The molecular formula is C12H23NO2. The summed E-state index contributed by atoms with van der Waals surface area (Å²) in [5.41, 5.74) is -0.400. The van der Waals surface area contributed by atoms with Crippen LogP contribution in [0, 0.1) is 5.92 Å². The first kappa shape index (κ1) is 12.5. The van der Waals surface area contributed by atoms with Crippen LogP contribution in [0.15, 0.2) is 0 Å². The van der Waals surface area contributed by atoms with Gasteiger partial charge in [-0.05, 0) is 32.2 Å². The van der Waals surface area contributed by atoms with E-state index in [0.717, 1.165) is 25.8 Å². The van der Waals surface area contributed by atoms with Crippen LogP contribution in [0.25, 0.3) is 0 Å². The van der Waals surface area contributed by atoms with Gasteiger partial charge in [-0.3, -0.25) is 4.79 Å². The molecule has 0 bridgehead atoms. The molecule has 0 amide bonds. The molecule has 3 nitrogen and oxygen atoms in total. The number of rotatable bonds is 4. The lowest BCUT2D eigenvalue weighted by molar-refractivity contribution is -0.153. The van der Waals surface area contributed by atoms with Crippen LogP contribution in [0.3, 0.4) is 0 Å². The van der Waals surface area contributed by atoms with Crippen molar-refractivity contribution in [1.82, 2.24) is 5.32 Å². The molecule has 0 heterocycles. The Morgan fingerprint density at radius 2 is 2.27 bits per heavy atom. The van der Waals surface area contributed by atoms with Crippen molar-refractivity contribution in [2.75, 3.05) is 13.2 Å². The molecular weight excluding hydrogens is 190 g/mol. The third kappa shape index (κ3) is 2.94. The van der Waals surface area contributed by atoms with Crippen molar-refractivity contribution in [1.29, 1.82) is 0 Å². The van der Waals surface area contributed by atoms with E-state index in [2.05, 4.69) is 12.2 Å². The minimum atomic E-state index is -0.400. The van der Waals surface area contributed by atoms with Crippen molar-refractivity contribution in [3.05, 3.63) is 0 Å². The van der Waals surface area contributed by atoms with Crippen LogP contribution >= 0.6 is 0 Å². The van der Waals surface area contributed by atoms with Gasteiger partial charge in [0.2, 0.25) is 0 Å². The van der Waals surface area contributed by atoms with Gasteiger partial charge < -0.3 is 10.1 Å². The van der Waals surface area contributed by atoms with E-state index in [1.807, 2.05) is 13.8 Å². The molecule has 0 spiro atoms. The summed E-state index contributed by atoms with van der Waals surface area (Å²) < 4.78 is 5.18. The number of nitrogens with one attached hydrogen (secondary N) is 1. The van der Waals surface area contributed by atoms with Gasteiger partial charge in [0.05, 0.1) is 6.61 Å². The van der Waals surface area contributed by atoms with Crippen LogP contribution in [-0.4, -0.2) is 24.7 Å². The number of hydrogen-bond acceptors (Lipinski definition) is 3. The maximum absolute atomic E-state index is 12.0. The van der Waals surface area contributed by atoms with E-state index >= 15 is 0 Å². The molecule has 88 valence electrons. The molecule has 0 radical (unpaired) electrons. The average molecular weight is 213 g/mol. The summed E-state index contributed by atoms with van der Waals surface area (Å²) in [5, 5.41) is 3.34. The Bertz CT molecular complexity index is 214. The minimum Gasteiger partial charge on any atom is -0.465 e. The molecule has 0 aliphatic heterocycles. The Labute approximate surface area is 92.6 Å². The number of hydrogen-bond donors (Lipinski definition) is 1. The number of ether oxygens (including phenoxy) is 1. The molecule has 2 unspecified atom stereocenters. The zero-order chi connectivity index (χ0) is 11.3. The normalized spacial score (nSPS) is 31.3. The monoisotopic (exact) mass is 213 g/mol. The van der Waals surface area contributed by atoms with E-state index in [0.29, 0.717) is 12.5 Å². The molecule has 0 aromatic heterocycles. The summed E-state index contributed by atoms with van der Waals surface area (Å²) in [6.45, 7) is 7.42. The van der Waals surface area contributed by atoms with Crippen LogP contribution in [0.1, 0.15) is 46.5 Å². The third-order valence-corrected chi connectivity index (χ3v) is 3.18. The topological polar surface area (TPSA) is 38.3 Å². The second-order valence-corrected chi connectivity index (χ2v) is 4.53. The molecule has 1 fully saturated rings. The summed E-state index contributed by atoms with van der Waals surface area (Å²) in [4.78, 5) is 12.0. The van der Waals surface area contributed by atoms with Gasteiger partial charge in [-0.15, -0.1) is 0 Å². The van der Waals surface area contributed by atoms with Crippen molar-refractivity contribution in [3.63, 3.8) is 0 Å². The van der Waals surface area contributed by atoms with Gasteiger partial charge in [0.25, 0.3) is 0 Å². The van der Waals surface area contributed by atoms with Crippen molar-refractivity contribution < 1.29 is 9.53 Å². The van der Waals surface area contributed by atoms with Gasteiger partial charge in [-0.25, -0.2) is 0 Å². The van der Waals surface area contributed by atoms with Crippen LogP contribution in [0.5, 0.6) is 0 Å². The van der Waals surface area contributed by atoms with Crippen LogP contribution in [-0.2, 0) is 9.53 Å². The van der Waals surface area contributed by atoms with Gasteiger partial charge in [-0.2, -0.15) is 0 Å². The molecule has 1 rings (SSSR count). The predicted molar refractivity (Wildman–Crippen MR) is 60.7 cm³/mol. The summed E-state index contributed by atoms with van der Waals surface area (Å²) in [6, 6.07) is 0. The van der Waals surface area contributed by atoms with E-state index in [-0.39, 0.29) is 5.97 Å². The second-order valence-electron chi connectivity index (χ2n) is 4.53. The Morgan fingerprint density at radius 1 is 1.53 bits per heavy atom. The number of carbonyl (C=O) groups excluding carboxylic acids is 1. The maximum atomic E-state index is 12.0. The maximum Gasteiger partial charge on any atom is 0.326 e. The zero-order valence-corrected chi connectivity index (χ0v) is 10.1. The average Bonchev–Trinajstić information content (AvgIpc) is 2.18. The highest BCUT2D eigenvalue weighted by molar-refractivity contribution is 5.81. The molecule has 0 saturated heterocycles. The van der Waals surface area contributed by atoms with E-state index in [4.69, 9.17) is 4.74 Å². The van der Waals surface area contributed by atoms with Gasteiger partial charge in [-0.1, -0.05) is 26.7 Å². The number of likely N-dealkylation sites (N-methyl/N-ethyl adjacent to an activating group) is 1. The fourth-order valence-corrected chi connectivity index (χ4v) is 2.58. The van der Waals surface area contributed by atoms with Crippen molar-refractivity contribution in [2.45, 2.75) is 52.0 Å². The van der Waals surface area contributed by atoms with Gasteiger partial charge in [0.15, 0.2) is 0 Å². The first-order chi connectivity index (χ1) is 7.14. The first-order valence-corrected chi connectivity index (χ1v) is 6.07. The summed E-state index contributed by atoms with van der Waals surface area (Å²) >= 11 is 0. The van der Waals surface area contributed by atoms with Gasteiger partial charge in [0.1, 0.15) is 5.54 Å². The Hall–Kier alpha value is -0.570. The van der Waals surface area contributed by atoms with Crippen molar-refractivity contribution >= 4 is 5.97 Å². The quantitative estimate of drug-likeness (QED) is 0.727. The van der Waals surface area contributed by atoms with Gasteiger partial charge >= 0.3 is 5.97 Å². The first-order valence-electron chi connectivity index (χ1n) is 6.07. The Balaban J connectivity index is 2.72. The zero-order valence-electron chi connectivity index (χ0n) is 10.1. The second kappa shape index (κ2) is 5.50. The third-order valence-electron chi connectivity index (χ3n) is 3.18. The minimum absolute atomic E-state index is 0.0570. The van der Waals surface area contributed by atoms with Crippen molar-refractivity contribution in [3.8, 4) is 0 Å². The van der Waals surface area contributed by atoms with Crippen LogP contribution in [0.4, 0.5) is 0 Å². The molecule has 1 saturated carbocycles.